The summed E-state index contributed by atoms with van der Waals surface area (Å²) in [5, 5.41) is 0. The number of piperazine rings is 1. The van der Waals surface area contributed by atoms with E-state index in [1.165, 1.54) is 23.2 Å². The van der Waals surface area contributed by atoms with Crippen LogP contribution in [0.4, 0.5) is 5.69 Å². The van der Waals surface area contributed by atoms with Gasteiger partial charge in [-0.1, -0.05) is 18.6 Å². The fraction of sp³-hybridized carbons (Fsp3) is 0.636. The highest BCUT2D eigenvalue weighted by Gasteiger charge is 2.53. The van der Waals surface area contributed by atoms with E-state index in [0.717, 1.165) is 38.8 Å². The normalized spacial score (nSPS) is 25.0. The van der Waals surface area contributed by atoms with E-state index >= 15 is 0 Å². The van der Waals surface area contributed by atoms with E-state index in [4.69, 9.17) is 4.74 Å². The monoisotopic (exact) mass is 370 g/mol. The van der Waals surface area contributed by atoms with Crippen molar-refractivity contribution in [2.75, 3.05) is 31.1 Å². The highest BCUT2D eigenvalue weighted by atomic mass is 16.6. The number of aryl methyl sites for hydroxylation is 1. The Labute approximate surface area is 161 Å². The van der Waals surface area contributed by atoms with Crippen LogP contribution in [0.3, 0.4) is 0 Å². The van der Waals surface area contributed by atoms with Crippen molar-refractivity contribution >= 4 is 17.6 Å². The van der Waals surface area contributed by atoms with E-state index in [1.54, 1.807) is 0 Å². The Hall–Kier alpha value is -2.04. The molecule has 2 aliphatic heterocycles. The van der Waals surface area contributed by atoms with Crippen molar-refractivity contribution in [1.82, 2.24) is 4.90 Å². The van der Waals surface area contributed by atoms with Crippen molar-refractivity contribution in [3.05, 3.63) is 29.3 Å². The van der Waals surface area contributed by atoms with Crippen molar-refractivity contribution in [1.29, 1.82) is 0 Å². The van der Waals surface area contributed by atoms with Crippen LogP contribution in [0.2, 0.25) is 0 Å². The van der Waals surface area contributed by atoms with Gasteiger partial charge in [-0.3, -0.25) is 9.59 Å². The quantitative estimate of drug-likeness (QED) is 0.750. The number of amides is 1. The highest BCUT2D eigenvalue weighted by molar-refractivity contribution is 5.88. The van der Waals surface area contributed by atoms with Gasteiger partial charge >= 0.3 is 5.97 Å². The second kappa shape index (κ2) is 7.17. The molecule has 2 saturated heterocycles. The van der Waals surface area contributed by atoms with Crippen LogP contribution in [-0.2, 0) is 14.3 Å². The molecule has 4 rings (SSSR count). The molecule has 0 radical (unpaired) electrons. The van der Waals surface area contributed by atoms with Gasteiger partial charge < -0.3 is 14.5 Å². The van der Waals surface area contributed by atoms with Crippen LogP contribution in [0.15, 0.2) is 18.2 Å². The number of benzene rings is 1. The molecule has 146 valence electrons. The largest absolute Gasteiger partial charge is 0.458 e. The summed E-state index contributed by atoms with van der Waals surface area (Å²) in [6, 6.07) is 6.41. The third kappa shape index (κ3) is 3.32. The fourth-order valence-corrected chi connectivity index (χ4v) is 5.07. The molecule has 1 spiro atoms. The number of hydrogen-bond donors (Lipinski definition) is 0. The first-order valence-corrected chi connectivity index (χ1v) is 10.3. The summed E-state index contributed by atoms with van der Waals surface area (Å²) in [4.78, 5) is 29.6. The van der Waals surface area contributed by atoms with Crippen molar-refractivity contribution in [3.63, 3.8) is 0 Å². The lowest BCUT2D eigenvalue weighted by molar-refractivity contribution is -0.155. The topological polar surface area (TPSA) is 49.9 Å². The Bertz CT molecular complexity index is 731. The molecule has 3 aliphatic rings. The molecule has 1 aliphatic carbocycles. The molecule has 1 amide bonds. The molecule has 1 saturated carbocycles. The maximum Gasteiger partial charge on any atom is 0.307 e. The second-order valence-electron chi connectivity index (χ2n) is 8.39. The molecule has 1 atom stereocenters. The predicted molar refractivity (Wildman–Crippen MR) is 105 cm³/mol. The van der Waals surface area contributed by atoms with E-state index < -0.39 is 5.60 Å². The molecular formula is C22H30N2O3. The number of rotatable bonds is 2. The van der Waals surface area contributed by atoms with Crippen LogP contribution < -0.4 is 4.90 Å². The molecule has 3 fully saturated rings. The first-order valence-electron chi connectivity index (χ1n) is 10.3. The maximum atomic E-state index is 13.3. The van der Waals surface area contributed by atoms with Crippen LogP contribution in [-0.4, -0.2) is 48.6 Å². The van der Waals surface area contributed by atoms with Gasteiger partial charge in [0.05, 0.1) is 12.3 Å². The minimum absolute atomic E-state index is 0.128. The Morgan fingerprint density at radius 2 is 1.78 bits per heavy atom. The molecule has 1 aromatic carbocycles. The minimum atomic E-state index is -0.517. The average Bonchev–Trinajstić information content (AvgIpc) is 2.99. The Morgan fingerprint density at radius 1 is 1.07 bits per heavy atom. The summed E-state index contributed by atoms with van der Waals surface area (Å²) in [7, 11) is 0. The zero-order valence-corrected chi connectivity index (χ0v) is 16.5. The van der Waals surface area contributed by atoms with Gasteiger partial charge in [0.2, 0.25) is 5.91 Å². The molecule has 2 heterocycles. The summed E-state index contributed by atoms with van der Waals surface area (Å²) in [6.45, 7) is 7.41. The van der Waals surface area contributed by atoms with Gasteiger partial charge in [-0.25, -0.2) is 0 Å². The van der Waals surface area contributed by atoms with Crippen LogP contribution in [0.5, 0.6) is 0 Å². The van der Waals surface area contributed by atoms with E-state index in [2.05, 4.69) is 36.9 Å². The number of carbonyl (C=O) groups excluding carboxylic acids is 2. The molecule has 0 aromatic heterocycles. The molecule has 5 heteroatoms. The number of ether oxygens (including phenoxy) is 1. The van der Waals surface area contributed by atoms with Crippen molar-refractivity contribution in [2.45, 2.75) is 58.0 Å². The number of anilines is 1. The summed E-state index contributed by atoms with van der Waals surface area (Å²) in [5.41, 5.74) is 3.36. The molecule has 0 N–H and O–H groups in total. The van der Waals surface area contributed by atoms with Gasteiger partial charge in [0.15, 0.2) is 0 Å². The van der Waals surface area contributed by atoms with Gasteiger partial charge in [0.25, 0.3) is 0 Å². The van der Waals surface area contributed by atoms with E-state index in [1.807, 2.05) is 4.90 Å². The Morgan fingerprint density at radius 3 is 2.48 bits per heavy atom. The van der Waals surface area contributed by atoms with Gasteiger partial charge in [0.1, 0.15) is 5.60 Å². The predicted octanol–water partition coefficient (Wildman–Crippen LogP) is 3.22. The van der Waals surface area contributed by atoms with Crippen molar-refractivity contribution in [2.24, 2.45) is 5.92 Å². The van der Waals surface area contributed by atoms with Crippen molar-refractivity contribution < 1.29 is 14.3 Å². The zero-order chi connectivity index (χ0) is 19.0. The lowest BCUT2D eigenvalue weighted by Crippen LogP contribution is -2.54. The average molecular weight is 370 g/mol. The first kappa shape index (κ1) is 18.3. The summed E-state index contributed by atoms with van der Waals surface area (Å²) < 4.78 is 5.74. The van der Waals surface area contributed by atoms with Gasteiger partial charge in [-0.15, -0.1) is 0 Å². The minimum Gasteiger partial charge on any atom is -0.458 e. The summed E-state index contributed by atoms with van der Waals surface area (Å²) in [6.07, 6.45) is 5.23. The zero-order valence-electron chi connectivity index (χ0n) is 16.5. The molecule has 0 bridgehead atoms. The number of hydrogen-bond acceptors (Lipinski definition) is 4. The summed E-state index contributed by atoms with van der Waals surface area (Å²) in [5.74, 6) is -0.342. The molecule has 1 aromatic rings. The summed E-state index contributed by atoms with van der Waals surface area (Å²) >= 11 is 0. The fourth-order valence-electron chi connectivity index (χ4n) is 5.07. The number of nitrogens with zero attached hydrogens (tertiary/aromatic N) is 2. The highest BCUT2D eigenvalue weighted by Crippen LogP contribution is 2.45. The van der Waals surface area contributed by atoms with Crippen LogP contribution in [0.25, 0.3) is 0 Å². The third-order valence-electron chi connectivity index (χ3n) is 6.83. The Balaban J connectivity index is 1.44. The second-order valence-corrected chi connectivity index (χ2v) is 8.39. The van der Waals surface area contributed by atoms with Gasteiger partial charge in [-0.05, 0) is 56.7 Å². The van der Waals surface area contributed by atoms with Crippen LogP contribution >= 0.6 is 0 Å². The number of esters is 1. The van der Waals surface area contributed by atoms with Crippen LogP contribution in [0.1, 0.15) is 49.7 Å². The van der Waals surface area contributed by atoms with E-state index in [9.17, 15) is 9.59 Å². The van der Waals surface area contributed by atoms with Crippen LogP contribution in [0, 0.1) is 19.8 Å². The number of carbonyl (C=O) groups is 2. The molecule has 5 nitrogen and oxygen atoms in total. The first-order chi connectivity index (χ1) is 13.0. The lowest BCUT2D eigenvalue weighted by atomic mass is 9.75. The maximum absolute atomic E-state index is 13.3. The molecule has 27 heavy (non-hydrogen) atoms. The van der Waals surface area contributed by atoms with Gasteiger partial charge in [0, 0.05) is 31.9 Å². The van der Waals surface area contributed by atoms with E-state index in [0.29, 0.717) is 13.1 Å². The molecule has 1 unspecified atom stereocenters. The SMILES string of the molecule is Cc1cccc(N2CCN(C(=O)C3CC(=O)OC34CCCCC4)CC2)c1C. The smallest absolute Gasteiger partial charge is 0.307 e. The van der Waals surface area contributed by atoms with Crippen molar-refractivity contribution in [3.8, 4) is 0 Å². The Kier molecular flexibility index (Phi) is 4.87. The van der Waals surface area contributed by atoms with Gasteiger partial charge in [-0.2, -0.15) is 0 Å². The third-order valence-corrected chi connectivity index (χ3v) is 6.83. The lowest BCUT2D eigenvalue weighted by Gasteiger charge is -2.41. The standard InChI is InChI=1S/C22H30N2O3/c1-16-7-6-8-19(17(16)2)23-11-13-24(14-12-23)21(26)18-15-20(25)27-22(18)9-4-3-5-10-22/h6-8,18H,3-5,9-15H2,1-2H3. The van der Waals surface area contributed by atoms with E-state index in [-0.39, 0.29) is 24.2 Å². The molecular weight excluding hydrogens is 340 g/mol.